The van der Waals surface area contributed by atoms with Crippen LogP contribution < -0.4 is 10.6 Å². The largest absolute Gasteiger partial charge is 0.350 e. The fourth-order valence-electron chi connectivity index (χ4n) is 2.04. The van der Waals surface area contributed by atoms with Gasteiger partial charge in [-0.3, -0.25) is 5.32 Å². The van der Waals surface area contributed by atoms with Crippen LogP contribution in [0.4, 0.5) is 5.82 Å². The fourth-order valence-corrected chi connectivity index (χ4v) is 2.35. The molecule has 0 amide bonds. The highest BCUT2D eigenvalue weighted by Crippen LogP contribution is 2.29. The van der Waals surface area contributed by atoms with Gasteiger partial charge in [0.1, 0.15) is 17.8 Å². The first kappa shape index (κ1) is 12.7. The van der Waals surface area contributed by atoms with Gasteiger partial charge >= 0.3 is 0 Å². The summed E-state index contributed by atoms with van der Waals surface area (Å²) in [4.78, 5) is 8.59. The Morgan fingerprint density at radius 2 is 2.11 bits per heavy atom. The van der Waals surface area contributed by atoms with E-state index in [1.54, 1.807) is 6.07 Å². The minimum absolute atomic E-state index is 0.0310. The van der Waals surface area contributed by atoms with Crippen LogP contribution in [0.2, 0.25) is 10.0 Å². The van der Waals surface area contributed by atoms with E-state index < -0.39 is 0 Å². The predicted molar refractivity (Wildman–Crippen MR) is 76.4 cm³/mol. The molecular formula is C13H12Cl2N4. The molecule has 1 aliphatic rings. The van der Waals surface area contributed by atoms with Crippen LogP contribution in [0.5, 0.6) is 0 Å². The lowest BCUT2D eigenvalue weighted by Crippen LogP contribution is -2.33. The van der Waals surface area contributed by atoms with Gasteiger partial charge in [0, 0.05) is 18.3 Å². The van der Waals surface area contributed by atoms with E-state index in [2.05, 4.69) is 20.6 Å². The third-order valence-electron chi connectivity index (χ3n) is 3.04. The maximum atomic E-state index is 6.05. The number of anilines is 1. The average Bonchev–Trinajstić information content (AvgIpc) is 2.41. The van der Waals surface area contributed by atoms with E-state index in [0.717, 1.165) is 22.8 Å². The quantitative estimate of drug-likeness (QED) is 0.847. The number of hydrogen-bond donors (Lipinski definition) is 2. The minimum atomic E-state index is -0.0310. The number of aryl methyl sites for hydroxylation is 1. The first-order chi connectivity index (χ1) is 9.13. The Labute approximate surface area is 121 Å². The summed E-state index contributed by atoms with van der Waals surface area (Å²) < 4.78 is 0. The molecule has 0 saturated heterocycles. The predicted octanol–water partition coefficient (Wildman–Crippen LogP) is 3.31. The first-order valence-electron chi connectivity index (χ1n) is 5.91. The van der Waals surface area contributed by atoms with Crippen LogP contribution >= 0.6 is 23.2 Å². The molecule has 0 fully saturated rings. The van der Waals surface area contributed by atoms with E-state index in [1.807, 2.05) is 25.3 Å². The molecule has 1 aliphatic heterocycles. The van der Waals surface area contributed by atoms with Crippen molar-refractivity contribution in [2.45, 2.75) is 19.6 Å². The molecule has 1 aromatic heterocycles. The smallest absolute Gasteiger partial charge is 0.135 e. The van der Waals surface area contributed by atoms with Crippen molar-refractivity contribution >= 4 is 29.0 Å². The van der Waals surface area contributed by atoms with Gasteiger partial charge in [-0.25, -0.2) is 9.97 Å². The highest BCUT2D eigenvalue weighted by atomic mass is 35.5. The summed E-state index contributed by atoms with van der Waals surface area (Å²) in [7, 11) is 0. The number of rotatable bonds is 1. The molecule has 0 spiro atoms. The summed E-state index contributed by atoms with van der Waals surface area (Å²) in [6, 6.07) is 5.59. The van der Waals surface area contributed by atoms with Crippen LogP contribution in [0.25, 0.3) is 0 Å². The Bertz CT molecular complexity index is 630. The Morgan fingerprint density at radius 1 is 1.26 bits per heavy atom. The van der Waals surface area contributed by atoms with Gasteiger partial charge in [-0.15, -0.1) is 0 Å². The maximum absolute atomic E-state index is 6.05. The minimum Gasteiger partial charge on any atom is -0.350 e. The van der Waals surface area contributed by atoms with E-state index >= 15 is 0 Å². The van der Waals surface area contributed by atoms with Crippen LogP contribution in [0.1, 0.15) is 23.1 Å². The lowest BCUT2D eigenvalue weighted by Gasteiger charge is -2.27. The lowest BCUT2D eigenvalue weighted by molar-refractivity contribution is 0.558. The first-order valence-corrected chi connectivity index (χ1v) is 6.66. The zero-order chi connectivity index (χ0) is 13.4. The van der Waals surface area contributed by atoms with Gasteiger partial charge in [0.25, 0.3) is 0 Å². The number of fused-ring (bicyclic) bond motifs is 1. The van der Waals surface area contributed by atoms with Gasteiger partial charge in [0.2, 0.25) is 0 Å². The van der Waals surface area contributed by atoms with Gasteiger partial charge in [-0.05, 0) is 24.6 Å². The molecule has 98 valence electrons. The van der Waals surface area contributed by atoms with Crippen molar-refractivity contribution in [3.05, 3.63) is 51.4 Å². The van der Waals surface area contributed by atoms with Crippen LogP contribution in [0.3, 0.4) is 0 Å². The molecule has 0 radical (unpaired) electrons. The van der Waals surface area contributed by atoms with Crippen molar-refractivity contribution in [1.29, 1.82) is 0 Å². The number of hydrogen-bond acceptors (Lipinski definition) is 4. The van der Waals surface area contributed by atoms with Crippen molar-refractivity contribution in [2.75, 3.05) is 5.32 Å². The molecule has 6 heteroatoms. The second-order valence-electron chi connectivity index (χ2n) is 4.42. The number of nitrogens with zero attached hydrogens (tertiary/aromatic N) is 2. The van der Waals surface area contributed by atoms with Crippen molar-refractivity contribution in [3.63, 3.8) is 0 Å². The molecule has 2 heterocycles. The molecule has 3 rings (SSSR count). The van der Waals surface area contributed by atoms with Gasteiger partial charge in [-0.2, -0.15) is 0 Å². The third kappa shape index (κ3) is 2.52. The zero-order valence-electron chi connectivity index (χ0n) is 10.2. The zero-order valence-corrected chi connectivity index (χ0v) is 11.8. The monoisotopic (exact) mass is 294 g/mol. The summed E-state index contributed by atoms with van der Waals surface area (Å²) in [5.41, 5.74) is 2.08. The van der Waals surface area contributed by atoms with E-state index in [-0.39, 0.29) is 6.17 Å². The van der Waals surface area contributed by atoms with E-state index in [0.29, 0.717) is 16.6 Å². The van der Waals surface area contributed by atoms with Gasteiger partial charge in [-0.1, -0.05) is 29.3 Å². The van der Waals surface area contributed by atoms with E-state index in [9.17, 15) is 0 Å². The molecule has 0 aliphatic carbocycles. The van der Waals surface area contributed by atoms with E-state index in [4.69, 9.17) is 23.2 Å². The molecular weight excluding hydrogens is 283 g/mol. The highest BCUT2D eigenvalue weighted by Gasteiger charge is 2.20. The van der Waals surface area contributed by atoms with Crippen molar-refractivity contribution in [3.8, 4) is 0 Å². The second kappa shape index (κ2) is 4.96. The number of halogens is 2. The van der Waals surface area contributed by atoms with Crippen molar-refractivity contribution < 1.29 is 0 Å². The molecule has 0 bridgehead atoms. The number of nitrogens with one attached hydrogen (secondary N) is 2. The molecule has 1 aromatic carbocycles. The Balaban J connectivity index is 1.90. The molecule has 2 N–H and O–H groups in total. The fraction of sp³-hybridized carbons (Fsp3) is 0.231. The van der Waals surface area contributed by atoms with Gasteiger partial charge in [0.15, 0.2) is 0 Å². The van der Waals surface area contributed by atoms with Gasteiger partial charge < -0.3 is 5.32 Å². The topological polar surface area (TPSA) is 49.8 Å². The summed E-state index contributed by atoms with van der Waals surface area (Å²) in [6.45, 7) is 2.59. The average molecular weight is 295 g/mol. The molecule has 0 unspecified atom stereocenters. The van der Waals surface area contributed by atoms with Gasteiger partial charge in [0.05, 0.1) is 10.0 Å². The highest BCUT2D eigenvalue weighted by molar-refractivity contribution is 6.42. The van der Waals surface area contributed by atoms with Crippen LogP contribution in [-0.2, 0) is 6.54 Å². The Kier molecular flexibility index (Phi) is 3.31. The van der Waals surface area contributed by atoms with Crippen LogP contribution in [0.15, 0.2) is 24.4 Å². The van der Waals surface area contributed by atoms with Crippen molar-refractivity contribution in [2.24, 2.45) is 0 Å². The SMILES string of the molecule is Cc1ncc2c(n1)N[C@H](c1ccc(Cl)c(Cl)c1)NC2. The summed E-state index contributed by atoms with van der Waals surface area (Å²) >= 11 is 12.0. The summed E-state index contributed by atoms with van der Waals surface area (Å²) in [6.07, 6.45) is 1.81. The lowest BCUT2D eigenvalue weighted by atomic mass is 10.1. The molecule has 19 heavy (non-hydrogen) atoms. The maximum Gasteiger partial charge on any atom is 0.135 e. The second-order valence-corrected chi connectivity index (χ2v) is 5.24. The summed E-state index contributed by atoms with van der Waals surface area (Å²) in [5.74, 6) is 1.61. The number of benzene rings is 1. The Hall–Kier alpha value is -1.36. The van der Waals surface area contributed by atoms with E-state index in [1.165, 1.54) is 0 Å². The molecule has 4 nitrogen and oxygen atoms in total. The van der Waals surface area contributed by atoms with Crippen LogP contribution in [-0.4, -0.2) is 9.97 Å². The normalized spacial score (nSPS) is 17.7. The van der Waals surface area contributed by atoms with Crippen LogP contribution in [0, 0.1) is 6.92 Å². The molecule has 1 atom stereocenters. The molecule has 0 saturated carbocycles. The third-order valence-corrected chi connectivity index (χ3v) is 3.78. The summed E-state index contributed by atoms with van der Waals surface area (Å²) in [5, 5.41) is 7.81. The molecule has 2 aromatic rings. The Morgan fingerprint density at radius 3 is 2.89 bits per heavy atom. The standard InChI is InChI=1S/C13H12Cl2N4/c1-7-16-5-9-6-17-12(19-13(9)18-7)8-2-3-10(14)11(15)4-8/h2-5,12,17H,6H2,1H3,(H,16,18,19)/t12-/m1/s1. The number of aromatic nitrogens is 2. The van der Waals surface area contributed by atoms with Crippen molar-refractivity contribution in [1.82, 2.24) is 15.3 Å².